The van der Waals surface area contributed by atoms with Crippen LogP contribution in [-0.2, 0) is 0 Å². The van der Waals surface area contributed by atoms with Crippen molar-refractivity contribution in [2.24, 2.45) is 0 Å². The first-order valence-electron chi connectivity index (χ1n) is 3.32. The number of nitrogens with zero attached hydrogens (tertiary/aromatic N) is 1. The number of rotatable bonds is 2. The summed E-state index contributed by atoms with van der Waals surface area (Å²) in [4.78, 5) is 20.3. The Hall–Kier alpha value is -0.314. The van der Waals surface area contributed by atoms with Gasteiger partial charge in [0, 0.05) is 17.7 Å². The molecule has 0 spiro atoms. The van der Waals surface area contributed by atoms with Gasteiger partial charge < -0.3 is 10.7 Å². The second-order valence-corrected chi connectivity index (χ2v) is 2.24. The molecule has 1 amide bonds. The minimum atomic E-state index is -0.810. The van der Waals surface area contributed by atoms with Gasteiger partial charge in [0.2, 0.25) is 5.91 Å². The molecule has 7 heteroatoms. The molecule has 0 aliphatic rings. The minimum absolute atomic E-state index is 0. The van der Waals surface area contributed by atoms with Gasteiger partial charge in [-0.25, -0.2) is 0 Å². The molecule has 6 nitrogen and oxygen atoms in total. The van der Waals surface area contributed by atoms with Gasteiger partial charge >= 0.3 is 51.4 Å². The number of hydroxylamine groups is 1. The standard InChI is InChI=1S/C7H5N2O4.K/c10-7(8-11)5-1-3-6(4-2-5)9(12)13;/h1-4H,(H-,8,10,11);/q-1;+1. The van der Waals surface area contributed by atoms with E-state index in [1.54, 1.807) is 0 Å². The second kappa shape index (κ2) is 6.22. The first-order valence-corrected chi connectivity index (χ1v) is 3.32. The molecular weight excluding hydrogens is 215 g/mol. The molecule has 0 saturated carbocycles. The average Bonchev–Trinajstić information content (AvgIpc) is 2.17. The first kappa shape index (κ1) is 13.7. The van der Waals surface area contributed by atoms with E-state index in [0.29, 0.717) is 0 Å². The van der Waals surface area contributed by atoms with Crippen molar-refractivity contribution in [2.75, 3.05) is 0 Å². The third-order valence-corrected chi connectivity index (χ3v) is 1.43. The zero-order valence-electron chi connectivity index (χ0n) is 7.39. The molecule has 0 unspecified atom stereocenters. The van der Waals surface area contributed by atoms with E-state index in [1.807, 2.05) is 0 Å². The van der Waals surface area contributed by atoms with Crippen molar-refractivity contribution in [1.82, 2.24) is 5.48 Å². The van der Waals surface area contributed by atoms with Gasteiger partial charge in [-0.3, -0.25) is 14.9 Å². The molecule has 14 heavy (non-hydrogen) atoms. The maximum atomic E-state index is 10.7. The fourth-order valence-electron chi connectivity index (χ4n) is 0.793. The summed E-state index contributed by atoms with van der Waals surface area (Å²) in [6.45, 7) is 0. The van der Waals surface area contributed by atoms with Crippen LogP contribution in [0.15, 0.2) is 24.3 Å². The Morgan fingerprint density at radius 2 is 1.79 bits per heavy atom. The van der Waals surface area contributed by atoms with Gasteiger partial charge in [-0.2, -0.15) is 0 Å². The second-order valence-electron chi connectivity index (χ2n) is 2.24. The van der Waals surface area contributed by atoms with Crippen molar-refractivity contribution >= 4 is 11.6 Å². The van der Waals surface area contributed by atoms with Crippen LogP contribution >= 0.6 is 0 Å². The fraction of sp³-hybridized carbons (Fsp3) is 0. The van der Waals surface area contributed by atoms with E-state index in [1.165, 1.54) is 17.6 Å². The maximum Gasteiger partial charge on any atom is 1.00 e. The van der Waals surface area contributed by atoms with E-state index in [0.717, 1.165) is 12.1 Å². The molecule has 0 saturated heterocycles. The molecule has 68 valence electrons. The van der Waals surface area contributed by atoms with Gasteiger partial charge in [-0.1, -0.05) is 0 Å². The largest absolute Gasteiger partial charge is 1.00 e. The Bertz CT molecular complexity index is 338. The Morgan fingerprint density at radius 1 is 1.29 bits per heavy atom. The summed E-state index contributed by atoms with van der Waals surface area (Å²) in [5.41, 5.74) is 1.15. The topological polar surface area (TPSA) is 95.3 Å². The molecule has 0 aliphatic heterocycles. The number of hydrogen-bond donors (Lipinski definition) is 1. The van der Waals surface area contributed by atoms with E-state index in [4.69, 9.17) is 0 Å². The van der Waals surface area contributed by atoms with Crippen LogP contribution in [0.1, 0.15) is 10.4 Å². The van der Waals surface area contributed by atoms with Crippen LogP contribution in [0.5, 0.6) is 0 Å². The molecule has 1 rings (SSSR count). The Morgan fingerprint density at radius 3 is 2.14 bits per heavy atom. The van der Waals surface area contributed by atoms with Gasteiger partial charge in [-0.05, 0) is 12.1 Å². The van der Waals surface area contributed by atoms with Crippen LogP contribution in [0, 0.1) is 15.3 Å². The van der Waals surface area contributed by atoms with Gasteiger partial charge in [0.05, 0.1) is 4.92 Å². The smallest absolute Gasteiger partial charge is 0.759 e. The Kier molecular flexibility index (Phi) is 6.08. The third-order valence-electron chi connectivity index (χ3n) is 1.43. The average molecular weight is 220 g/mol. The quantitative estimate of drug-likeness (QED) is 0.348. The molecule has 0 radical (unpaired) electrons. The van der Waals surface area contributed by atoms with Crippen molar-refractivity contribution in [1.29, 1.82) is 0 Å². The van der Waals surface area contributed by atoms with Crippen LogP contribution in [0.4, 0.5) is 5.69 Å². The molecule has 1 aromatic carbocycles. The number of non-ortho nitro benzene ring substituents is 1. The molecular formula is C7H5KN2O4. The number of carbonyl (C=O) groups excluding carboxylic acids is 1. The number of carbonyl (C=O) groups is 1. The number of nitrogens with one attached hydrogen (secondary N) is 1. The summed E-state index contributed by atoms with van der Waals surface area (Å²) in [6, 6.07) is 4.74. The fourth-order valence-corrected chi connectivity index (χ4v) is 0.793. The number of amides is 1. The predicted molar refractivity (Wildman–Crippen MR) is 43.9 cm³/mol. The molecule has 0 aromatic heterocycles. The van der Waals surface area contributed by atoms with E-state index in [2.05, 4.69) is 0 Å². The van der Waals surface area contributed by atoms with Crippen molar-refractivity contribution < 1.29 is 61.1 Å². The minimum Gasteiger partial charge on any atom is -0.759 e. The summed E-state index contributed by atoms with van der Waals surface area (Å²) in [7, 11) is 0. The van der Waals surface area contributed by atoms with Gasteiger partial charge in [0.25, 0.3) is 5.69 Å². The van der Waals surface area contributed by atoms with Crippen LogP contribution in [0.25, 0.3) is 0 Å². The van der Waals surface area contributed by atoms with Crippen molar-refractivity contribution in [3.8, 4) is 0 Å². The molecule has 1 N–H and O–H groups in total. The summed E-state index contributed by atoms with van der Waals surface area (Å²) >= 11 is 0. The Labute approximate surface area is 122 Å². The number of benzene rings is 1. The molecule has 0 atom stereocenters. The van der Waals surface area contributed by atoms with Crippen LogP contribution in [0.3, 0.4) is 0 Å². The van der Waals surface area contributed by atoms with Crippen molar-refractivity contribution in [3.05, 3.63) is 45.2 Å². The van der Waals surface area contributed by atoms with E-state index < -0.39 is 10.8 Å². The van der Waals surface area contributed by atoms with Crippen LogP contribution in [-0.4, -0.2) is 10.8 Å². The summed E-state index contributed by atoms with van der Waals surface area (Å²) in [6.07, 6.45) is 0. The SMILES string of the molecule is O=C(N[O-])c1ccc([N+](=O)[O-])cc1.[K+]. The molecule has 0 aliphatic carbocycles. The predicted octanol–water partition coefficient (Wildman–Crippen LogP) is -2.17. The van der Waals surface area contributed by atoms with E-state index in [-0.39, 0.29) is 62.6 Å². The van der Waals surface area contributed by atoms with E-state index in [9.17, 15) is 20.1 Å². The third kappa shape index (κ3) is 3.44. The molecule has 1 aromatic rings. The first-order chi connectivity index (χ1) is 6.15. The summed E-state index contributed by atoms with van der Waals surface area (Å²) < 4.78 is 0. The van der Waals surface area contributed by atoms with Crippen LogP contribution in [0.2, 0.25) is 0 Å². The van der Waals surface area contributed by atoms with E-state index >= 15 is 0 Å². The maximum absolute atomic E-state index is 10.7. The zero-order valence-corrected chi connectivity index (χ0v) is 10.5. The molecule has 0 heterocycles. The normalized spacial score (nSPS) is 8.64. The number of nitro groups is 1. The van der Waals surface area contributed by atoms with Gasteiger partial charge in [0.1, 0.15) is 0 Å². The van der Waals surface area contributed by atoms with Crippen molar-refractivity contribution in [2.45, 2.75) is 0 Å². The monoisotopic (exact) mass is 220 g/mol. The summed E-state index contributed by atoms with van der Waals surface area (Å²) in [5.74, 6) is -0.810. The molecule has 0 fully saturated rings. The number of hydrogen-bond acceptors (Lipinski definition) is 4. The number of nitro benzene ring substituents is 1. The molecule has 0 bridgehead atoms. The van der Waals surface area contributed by atoms with Gasteiger partial charge in [0.15, 0.2) is 0 Å². The van der Waals surface area contributed by atoms with Gasteiger partial charge in [-0.15, -0.1) is 0 Å². The Balaban J connectivity index is 0.00000169. The zero-order chi connectivity index (χ0) is 9.84. The van der Waals surface area contributed by atoms with Crippen LogP contribution < -0.4 is 56.9 Å². The van der Waals surface area contributed by atoms with Crippen molar-refractivity contribution in [3.63, 3.8) is 0 Å². The summed E-state index contributed by atoms with van der Waals surface area (Å²) in [5, 5.41) is 20.1.